The molecule has 2 aromatic rings. The molecule has 25 heavy (non-hydrogen) atoms. The number of carbonyl (C=O) groups is 3. The highest BCUT2D eigenvalue weighted by Crippen LogP contribution is 2.23. The Morgan fingerprint density at radius 1 is 1.12 bits per heavy atom. The second kappa shape index (κ2) is 6.94. The molecule has 3 N–H and O–H groups in total. The van der Waals surface area contributed by atoms with Crippen LogP contribution in [0, 0.1) is 0 Å². The SMILES string of the molecule is NC(=O)c1ccc(NC(=O)c2ccc(N3CCCC3=O)cc2)cc1Cl. The number of primary amides is 1. The molecule has 0 aliphatic carbocycles. The van der Waals surface area contributed by atoms with Crippen LogP contribution < -0.4 is 16.0 Å². The molecule has 1 aliphatic rings. The zero-order valence-electron chi connectivity index (χ0n) is 13.3. The van der Waals surface area contributed by atoms with Crippen molar-refractivity contribution < 1.29 is 14.4 Å². The Labute approximate surface area is 149 Å². The van der Waals surface area contributed by atoms with Gasteiger partial charge in [0.1, 0.15) is 0 Å². The fourth-order valence-electron chi connectivity index (χ4n) is 2.71. The highest BCUT2D eigenvalue weighted by molar-refractivity contribution is 6.34. The van der Waals surface area contributed by atoms with Crippen molar-refractivity contribution in [3.8, 4) is 0 Å². The van der Waals surface area contributed by atoms with Gasteiger partial charge in [0.05, 0.1) is 10.6 Å². The Bertz CT molecular complexity index is 849. The summed E-state index contributed by atoms with van der Waals surface area (Å²) < 4.78 is 0. The first-order chi connectivity index (χ1) is 12.0. The lowest BCUT2D eigenvalue weighted by Gasteiger charge is -2.15. The molecule has 0 bridgehead atoms. The molecule has 1 aliphatic heterocycles. The summed E-state index contributed by atoms with van der Waals surface area (Å²) in [4.78, 5) is 36.9. The Balaban J connectivity index is 1.72. The highest BCUT2D eigenvalue weighted by atomic mass is 35.5. The third kappa shape index (κ3) is 3.64. The third-order valence-electron chi connectivity index (χ3n) is 4.01. The number of hydrogen-bond acceptors (Lipinski definition) is 3. The van der Waals surface area contributed by atoms with E-state index in [1.54, 1.807) is 35.2 Å². The summed E-state index contributed by atoms with van der Waals surface area (Å²) in [6.45, 7) is 0.703. The molecule has 6 nitrogen and oxygen atoms in total. The summed E-state index contributed by atoms with van der Waals surface area (Å²) in [6, 6.07) is 11.3. The van der Waals surface area contributed by atoms with Gasteiger partial charge in [0.2, 0.25) is 11.8 Å². The van der Waals surface area contributed by atoms with E-state index in [2.05, 4.69) is 5.32 Å². The minimum Gasteiger partial charge on any atom is -0.366 e. The van der Waals surface area contributed by atoms with Gasteiger partial charge in [-0.15, -0.1) is 0 Å². The fourth-order valence-corrected chi connectivity index (χ4v) is 2.98. The molecule has 3 rings (SSSR count). The van der Waals surface area contributed by atoms with Gasteiger partial charge in [-0.05, 0) is 48.9 Å². The summed E-state index contributed by atoms with van der Waals surface area (Å²) in [5.74, 6) is -0.849. The maximum Gasteiger partial charge on any atom is 0.255 e. The Morgan fingerprint density at radius 2 is 1.84 bits per heavy atom. The zero-order chi connectivity index (χ0) is 18.0. The lowest BCUT2D eigenvalue weighted by Crippen LogP contribution is -2.23. The van der Waals surface area contributed by atoms with E-state index in [-0.39, 0.29) is 22.4 Å². The van der Waals surface area contributed by atoms with Crippen LogP contribution in [-0.2, 0) is 4.79 Å². The monoisotopic (exact) mass is 357 g/mol. The average Bonchev–Trinajstić information content (AvgIpc) is 3.00. The number of benzene rings is 2. The van der Waals surface area contributed by atoms with E-state index < -0.39 is 5.91 Å². The molecule has 0 saturated carbocycles. The van der Waals surface area contributed by atoms with Crippen molar-refractivity contribution in [3.05, 3.63) is 58.6 Å². The Morgan fingerprint density at radius 3 is 2.40 bits per heavy atom. The van der Waals surface area contributed by atoms with Crippen molar-refractivity contribution in [2.45, 2.75) is 12.8 Å². The number of anilines is 2. The first-order valence-electron chi connectivity index (χ1n) is 7.77. The predicted molar refractivity (Wildman–Crippen MR) is 96.0 cm³/mol. The maximum atomic E-state index is 12.3. The second-order valence-electron chi connectivity index (χ2n) is 5.71. The van der Waals surface area contributed by atoms with Crippen LogP contribution in [0.15, 0.2) is 42.5 Å². The van der Waals surface area contributed by atoms with Gasteiger partial charge in [0.25, 0.3) is 5.91 Å². The van der Waals surface area contributed by atoms with Crippen molar-refractivity contribution in [3.63, 3.8) is 0 Å². The minimum absolute atomic E-state index is 0.0985. The molecular weight excluding hydrogens is 342 g/mol. The molecular formula is C18H16ClN3O3. The van der Waals surface area contributed by atoms with E-state index in [4.69, 9.17) is 17.3 Å². The summed E-state index contributed by atoms with van der Waals surface area (Å²) in [5.41, 5.74) is 7.08. The van der Waals surface area contributed by atoms with E-state index in [9.17, 15) is 14.4 Å². The van der Waals surface area contributed by atoms with Crippen LogP contribution in [-0.4, -0.2) is 24.3 Å². The number of rotatable bonds is 4. The summed E-state index contributed by atoms with van der Waals surface area (Å²) in [6.07, 6.45) is 1.41. The van der Waals surface area contributed by atoms with E-state index >= 15 is 0 Å². The lowest BCUT2D eigenvalue weighted by atomic mass is 10.1. The topological polar surface area (TPSA) is 92.5 Å². The molecule has 2 aromatic carbocycles. The van der Waals surface area contributed by atoms with Gasteiger partial charge in [0.15, 0.2) is 0 Å². The summed E-state index contributed by atoms with van der Waals surface area (Å²) in [7, 11) is 0. The molecule has 0 aromatic heterocycles. The zero-order valence-corrected chi connectivity index (χ0v) is 14.0. The third-order valence-corrected chi connectivity index (χ3v) is 4.32. The molecule has 0 unspecified atom stereocenters. The first-order valence-corrected chi connectivity index (χ1v) is 8.14. The van der Waals surface area contributed by atoms with Crippen molar-refractivity contribution in [2.75, 3.05) is 16.8 Å². The molecule has 0 radical (unpaired) electrons. The van der Waals surface area contributed by atoms with E-state index in [1.165, 1.54) is 12.1 Å². The van der Waals surface area contributed by atoms with Crippen LogP contribution in [0.1, 0.15) is 33.6 Å². The van der Waals surface area contributed by atoms with Gasteiger partial charge in [-0.3, -0.25) is 14.4 Å². The standard InChI is InChI=1S/C18H16ClN3O3/c19-15-10-12(5-8-14(15)17(20)24)21-18(25)11-3-6-13(7-4-11)22-9-1-2-16(22)23/h3-8,10H,1-2,9H2,(H2,20,24)(H,21,25). The van der Waals surface area contributed by atoms with Gasteiger partial charge in [-0.1, -0.05) is 11.6 Å². The fraction of sp³-hybridized carbons (Fsp3) is 0.167. The first kappa shape index (κ1) is 17.0. The predicted octanol–water partition coefficient (Wildman–Crippen LogP) is 2.82. The van der Waals surface area contributed by atoms with E-state index in [0.717, 1.165) is 12.1 Å². The quantitative estimate of drug-likeness (QED) is 0.881. The minimum atomic E-state index is -0.630. The van der Waals surface area contributed by atoms with Gasteiger partial charge >= 0.3 is 0 Å². The summed E-state index contributed by atoms with van der Waals surface area (Å²) >= 11 is 5.97. The van der Waals surface area contributed by atoms with Crippen LogP contribution in [0.3, 0.4) is 0 Å². The van der Waals surface area contributed by atoms with Gasteiger partial charge in [-0.2, -0.15) is 0 Å². The van der Waals surface area contributed by atoms with Crippen LogP contribution in [0.4, 0.5) is 11.4 Å². The number of carbonyl (C=O) groups excluding carboxylic acids is 3. The normalized spacial score (nSPS) is 13.8. The number of nitrogens with zero attached hydrogens (tertiary/aromatic N) is 1. The molecule has 0 atom stereocenters. The molecule has 7 heteroatoms. The largest absolute Gasteiger partial charge is 0.366 e. The number of nitrogens with two attached hydrogens (primary N) is 1. The lowest BCUT2D eigenvalue weighted by molar-refractivity contribution is -0.117. The van der Waals surface area contributed by atoms with Gasteiger partial charge < -0.3 is 16.0 Å². The van der Waals surface area contributed by atoms with Crippen molar-refractivity contribution >= 4 is 40.7 Å². The van der Waals surface area contributed by atoms with Gasteiger partial charge in [-0.25, -0.2) is 0 Å². The molecule has 3 amide bonds. The van der Waals surface area contributed by atoms with Crippen molar-refractivity contribution in [2.24, 2.45) is 5.73 Å². The molecule has 1 saturated heterocycles. The number of hydrogen-bond donors (Lipinski definition) is 2. The molecule has 1 heterocycles. The molecule has 0 spiro atoms. The maximum absolute atomic E-state index is 12.3. The van der Waals surface area contributed by atoms with Crippen LogP contribution in [0.2, 0.25) is 5.02 Å². The molecule has 1 fully saturated rings. The average molecular weight is 358 g/mol. The highest BCUT2D eigenvalue weighted by Gasteiger charge is 2.21. The van der Waals surface area contributed by atoms with Crippen LogP contribution in [0.25, 0.3) is 0 Å². The number of halogens is 1. The van der Waals surface area contributed by atoms with E-state index in [0.29, 0.717) is 24.2 Å². The molecule has 128 valence electrons. The van der Waals surface area contributed by atoms with Crippen LogP contribution >= 0.6 is 11.6 Å². The number of amides is 3. The van der Waals surface area contributed by atoms with Crippen molar-refractivity contribution in [1.29, 1.82) is 0 Å². The Kier molecular flexibility index (Phi) is 4.72. The number of nitrogens with one attached hydrogen (secondary N) is 1. The second-order valence-corrected chi connectivity index (χ2v) is 6.12. The Hall–Kier alpha value is -2.86. The smallest absolute Gasteiger partial charge is 0.255 e. The van der Waals surface area contributed by atoms with Crippen LogP contribution in [0.5, 0.6) is 0 Å². The van der Waals surface area contributed by atoms with Gasteiger partial charge in [0, 0.05) is 29.9 Å². The summed E-state index contributed by atoms with van der Waals surface area (Å²) in [5, 5.41) is 2.88. The van der Waals surface area contributed by atoms with E-state index in [1.807, 2.05) is 0 Å². The van der Waals surface area contributed by atoms with Crippen molar-refractivity contribution in [1.82, 2.24) is 0 Å².